The Labute approximate surface area is 251 Å². The van der Waals surface area contributed by atoms with Crippen molar-refractivity contribution < 1.29 is 27.1 Å². The second kappa shape index (κ2) is 11.6. The Morgan fingerprint density at radius 1 is 1.14 bits per heavy atom. The third-order valence-electron chi connectivity index (χ3n) is 7.68. The molecule has 1 fully saturated rings. The maximum atomic E-state index is 14.5. The molecule has 4 aromatic rings. The van der Waals surface area contributed by atoms with Crippen LogP contribution in [0, 0.1) is 18.7 Å². The number of aryl methyl sites for hydroxylation is 2. The van der Waals surface area contributed by atoms with Crippen LogP contribution in [-0.4, -0.2) is 55.8 Å². The number of pyridine rings is 1. The first kappa shape index (κ1) is 30.5. The van der Waals surface area contributed by atoms with Crippen LogP contribution in [-0.2, 0) is 25.7 Å². The summed E-state index contributed by atoms with van der Waals surface area (Å²) in [6.45, 7) is 4.94. The van der Waals surface area contributed by atoms with Gasteiger partial charge in [0.15, 0.2) is 23.1 Å². The average Bonchev–Trinajstić information content (AvgIpc) is 3.56. The normalized spacial score (nSPS) is 16.9. The number of ether oxygens (including phenoxy) is 1. The fourth-order valence-corrected chi connectivity index (χ4v) is 5.45. The highest BCUT2D eigenvalue weighted by Crippen LogP contribution is 2.44. The van der Waals surface area contributed by atoms with Crippen molar-refractivity contribution in [1.29, 1.82) is 0 Å². The van der Waals surface area contributed by atoms with Crippen LogP contribution in [0.4, 0.5) is 23.4 Å². The zero-order valence-electron chi connectivity index (χ0n) is 23.4. The van der Waals surface area contributed by atoms with Crippen LogP contribution in [0.5, 0.6) is 5.75 Å². The van der Waals surface area contributed by atoms with Gasteiger partial charge >= 0.3 is 6.18 Å². The quantitative estimate of drug-likeness (QED) is 0.300. The molecule has 228 valence electrons. The lowest BCUT2D eigenvalue weighted by Gasteiger charge is -2.38. The number of alkyl halides is 3. The number of carbonyl (C=O) groups excluding carboxylic acids is 1. The van der Waals surface area contributed by atoms with Gasteiger partial charge in [-0.05, 0) is 43.7 Å². The van der Waals surface area contributed by atoms with Crippen LogP contribution in [0.15, 0.2) is 42.9 Å². The number of nitrogens with two attached hydrogens (primary N) is 1. The summed E-state index contributed by atoms with van der Waals surface area (Å²) in [6, 6.07) is 6.08. The predicted molar refractivity (Wildman–Crippen MR) is 153 cm³/mol. The van der Waals surface area contributed by atoms with Crippen molar-refractivity contribution in [3.8, 4) is 16.9 Å². The minimum absolute atomic E-state index is 0. The number of imidazole rings is 1. The first-order chi connectivity index (χ1) is 20.0. The van der Waals surface area contributed by atoms with E-state index in [0.717, 1.165) is 0 Å². The number of fused-ring (bicyclic) bond motifs is 1. The Morgan fingerprint density at radius 2 is 1.88 bits per heavy atom. The molecule has 43 heavy (non-hydrogen) atoms. The SMILES string of the molecule is CCn1cc(-c2cc(Cn3ccnc3C)cc3c2OC[C@H](Cc2ccc(F)c(N4CC(N)C4)n2)C3=O)c(C(F)(F)F)n1.Cl. The zero-order valence-corrected chi connectivity index (χ0v) is 24.3. The number of hydrogen-bond acceptors (Lipinski definition) is 7. The monoisotopic (exact) mass is 619 g/mol. The molecule has 1 saturated heterocycles. The third-order valence-corrected chi connectivity index (χ3v) is 7.68. The van der Waals surface area contributed by atoms with E-state index < -0.39 is 23.6 Å². The molecule has 5 heterocycles. The predicted octanol–water partition coefficient (Wildman–Crippen LogP) is 4.68. The Bertz CT molecular complexity index is 1660. The molecule has 1 atom stereocenters. The summed E-state index contributed by atoms with van der Waals surface area (Å²) in [6.07, 6.45) is 0.176. The third kappa shape index (κ3) is 5.83. The molecule has 2 N–H and O–H groups in total. The molecular weight excluding hydrogens is 590 g/mol. The average molecular weight is 620 g/mol. The molecule has 0 aliphatic carbocycles. The van der Waals surface area contributed by atoms with E-state index >= 15 is 0 Å². The molecule has 2 aliphatic rings. The number of aromatic nitrogens is 5. The summed E-state index contributed by atoms with van der Waals surface area (Å²) in [7, 11) is 0. The van der Waals surface area contributed by atoms with Crippen molar-refractivity contribution in [3.05, 3.63) is 77.0 Å². The molecule has 0 bridgehead atoms. The molecule has 3 aromatic heterocycles. The van der Waals surface area contributed by atoms with Crippen LogP contribution in [0.25, 0.3) is 11.1 Å². The Kier molecular flexibility index (Phi) is 8.23. The van der Waals surface area contributed by atoms with E-state index in [2.05, 4.69) is 15.1 Å². The van der Waals surface area contributed by atoms with Gasteiger partial charge in [-0.25, -0.2) is 14.4 Å². The van der Waals surface area contributed by atoms with Gasteiger partial charge in [0.1, 0.15) is 11.6 Å². The maximum absolute atomic E-state index is 14.5. The summed E-state index contributed by atoms with van der Waals surface area (Å²) < 4.78 is 65.8. The van der Waals surface area contributed by atoms with Crippen molar-refractivity contribution in [2.75, 3.05) is 24.6 Å². The van der Waals surface area contributed by atoms with E-state index in [-0.39, 0.29) is 78.6 Å². The second-order valence-electron chi connectivity index (χ2n) is 10.7. The van der Waals surface area contributed by atoms with Gasteiger partial charge in [0.2, 0.25) is 0 Å². The lowest BCUT2D eigenvalue weighted by atomic mass is 9.87. The van der Waals surface area contributed by atoms with Crippen molar-refractivity contribution in [2.24, 2.45) is 11.7 Å². The minimum Gasteiger partial charge on any atom is -0.491 e. The van der Waals surface area contributed by atoms with Crippen molar-refractivity contribution >= 4 is 24.0 Å². The van der Waals surface area contributed by atoms with Crippen LogP contribution < -0.4 is 15.4 Å². The van der Waals surface area contributed by atoms with Crippen molar-refractivity contribution in [1.82, 2.24) is 24.3 Å². The van der Waals surface area contributed by atoms with E-state index in [4.69, 9.17) is 10.5 Å². The first-order valence-electron chi connectivity index (χ1n) is 13.6. The number of ketones is 1. The van der Waals surface area contributed by atoms with Gasteiger partial charge in [0, 0.05) is 74.1 Å². The molecule has 0 radical (unpaired) electrons. The molecule has 1 aromatic carbocycles. The molecule has 0 spiro atoms. The largest absolute Gasteiger partial charge is 0.491 e. The van der Waals surface area contributed by atoms with Gasteiger partial charge < -0.3 is 19.9 Å². The second-order valence-corrected chi connectivity index (χ2v) is 10.7. The molecule has 0 amide bonds. The number of nitrogens with zero attached hydrogens (tertiary/aromatic N) is 6. The number of rotatable bonds is 7. The number of carbonyl (C=O) groups is 1. The highest BCUT2D eigenvalue weighted by atomic mass is 35.5. The summed E-state index contributed by atoms with van der Waals surface area (Å²) >= 11 is 0. The summed E-state index contributed by atoms with van der Waals surface area (Å²) in [5, 5.41) is 3.77. The summed E-state index contributed by atoms with van der Waals surface area (Å²) in [5.41, 5.74) is 6.08. The number of anilines is 1. The van der Waals surface area contributed by atoms with E-state index in [1.54, 1.807) is 36.4 Å². The van der Waals surface area contributed by atoms with Crippen LogP contribution in [0.2, 0.25) is 0 Å². The molecule has 2 aliphatic heterocycles. The minimum atomic E-state index is -4.72. The van der Waals surface area contributed by atoms with Gasteiger partial charge in [0.25, 0.3) is 0 Å². The van der Waals surface area contributed by atoms with E-state index in [0.29, 0.717) is 30.2 Å². The van der Waals surface area contributed by atoms with Gasteiger partial charge in [-0.15, -0.1) is 12.4 Å². The maximum Gasteiger partial charge on any atom is 0.435 e. The Morgan fingerprint density at radius 3 is 2.53 bits per heavy atom. The fraction of sp³-hybridized carbons (Fsp3) is 0.379. The lowest BCUT2D eigenvalue weighted by molar-refractivity contribution is -0.141. The van der Waals surface area contributed by atoms with Gasteiger partial charge in [-0.2, -0.15) is 18.3 Å². The Hall–Kier alpha value is -3.97. The molecule has 14 heteroatoms. The van der Waals surface area contributed by atoms with E-state index in [1.165, 1.54) is 23.0 Å². The summed E-state index contributed by atoms with van der Waals surface area (Å²) in [5.74, 6) is -0.431. The number of benzene rings is 1. The molecule has 6 rings (SSSR count). The number of halogens is 5. The molecule has 0 unspecified atom stereocenters. The van der Waals surface area contributed by atoms with E-state index in [9.17, 15) is 22.4 Å². The highest BCUT2D eigenvalue weighted by molar-refractivity contribution is 6.04. The van der Waals surface area contributed by atoms with Gasteiger partial charge in [-0.3, -0.25) is 9.48 Å². The Balaban J connectivity index is 0.00000368. The smallest absolute Gasteiger partial charge is 0.435 e. The van der Waals surface area contributed by atoms with Crippen LogP contribution in [0.1, 0.15) is 40.1 Å². The molecule has 9 nitrogen and oxygen atoms in total. The fourth-order valence-electron chi connectivity index (χ4n) is 5.45. The number of hydrogen-bond donors (Lipinski definition) is 1. The zero-order chi connectivity index (χ0) is 29.8. The summed E-state index contributed by atoms with van der Waals surface area (Å²) in [4.78, 5) is 24.3. The topological polar surface area (TPSA) is 104 Å². The van der Waals surface area contributed by atoms with Crippen LogP contribution >= 0.6 is 12.4 Å². The first-order valence-corrected chi connectivity index (χ1v) is 13.6. The highest BCUT2D eigenvalue weighted by Gasteiger charge is 2.40. The standard InChI is InChI=1S/C29H29F4N7O2.ClH/c1-3-40-14-23(27(37-40)29(31,32)33)21-8-17(11-38-7-6-35-16(38)2)9-22-25(41)18(15-42-26(21)22)10-20-4-5-24(30)28(36-20)39-12-19(34)13-39;/h4-9,14,18-19H,3,10-13,15,34H2,1-2H3;1H/t18-;/m0./s1. The number of Topliss-reactive ketones (excluding diaryl/α,β-unsaturated/α-hetero) is 1. The van der Waals surface area contributed by atoms with Crippen LogP contribution in [0.3, 0.4) is 0 Å². The van der Waals surface area contributed by atoms with Crippen molar-refractivity contribution in [3.63, 3.8) is 0 Å². The molecular formula is C29H30ClF4N7O2. The van der Waals surface area contributed by atoms with Crippen molar-refractivity contribution in [2.45, 2.75) is 45.6 Å². The van der Waals surface area contributed by atoms with Gasteiger partial charge in [0.05, 0.1) is 18.1 Å². The van der Waals surface area contributed by atoms with Gasteiger partial charge in [-0.1, -0.05) is 0 Å². The molecule has 0 saturated carbocycles. The lowest BCUT2D eigenvalue weighted by Crippen LogP contribution is -2.56. The van der Waals surface area contributed by atoms with E-state index in [1.807, 2.05) is 11.5 Å².